The Hall–Kier alpha value is -3.83. The van der Waals surface area contributed by atoms with Crippen LogP contribution in [-0.2, 0) is 10.0 Å². The van der Waals surface area contributed by atoms with E-state index in [0.717, 1.165) is 6.07 Å². The highest BCUT2D eigenvalue weighted by Gasteiger charge is 2.22. The van der Waals surface area contributed by atoms with Crippen LogP contribution in [-0.4, -0.2) is 31.3 Å². The van der Waals surface area contributed by atoms with Crippen LogP contribution >= 0.6 is 11.6 Å². The van der Waals surface area contributed by atoms with Gasteiger partial charge in [-0.25, -0.2) is 8.42 Å². The maximum absolute atomic E-state index is 12.7. The van der Waals surface area contributed by atoms with Gasteiger partial charge >= 0.3 is 0 Å². The van der Waals surface area contributed by atoms with Gasteiger partial charge in [-0.2, -0.15) is 5.10 Å². The van der Waals surface area contributed by atoms with Gasteiger partial charge in [0.2, 0.25) is 0 Å². The summed E-state index contributed by atoms with van der Waals surface area (Å²) in [5, 5.41) is 26.2. The molecule has 0 saturated heterocycles. The molecule has 3 aromatic rings. The topological polar surface area (TPSA) is 143 Å². The summed E-state index contributed by atoms with van der Waals surface area (Å²) in [6.45, 7) is 1.59. The Labute approximate surface area is 194 Å². The molecule has 3 rings (SSSR count). The standard InChI is InChI=1S/C21H19ClN4O6S/c1-13(18-9-7-16(32-2)11-21(18)27)23-24-19-10-8-17(12-20(19)26(28)29)33(30,31)25-15-5-3-14(22)4-6-15/h3-12,24-25,27H,1-2H3. The van der Waals surface area contributed by atoms with Crippen LogP contribution in [0.1, 0.15) is 12.5 Å². The van der Waals surface area contributed by atoms with Crippen molar-refractivity contribution in [2.45, 2.75) is 11.8 Å². The highest BCUT2D eigenvalue weighted by molar-refractivity contribution is 7.92. The molecule has 0 aromatic heterocycles. The molecule has 0 fully saturated rings. The van der Waals surface area contributed by atoms with Gasteiger partial charge in [0.15, 0.2) is 0 Å². The number of methoxy groups -OCH3 is 1. The average molecular weight is 491 g/mol. The Morgan fingerprint density at radius 3 is 2.42 bits per heavy atom. The molecule has 0 saturated carbocycles. The predicted octanol–water partition coefficient (Wildman–Crippen LogP) is 4.60. The van der Waals surface area contributed by atoms with E-state index in [1.165, 1.54) is 49.6 Å². The van der Waals surface area contributed by atoms with E-state index in [0.29, 0.717) is 22.0 Å². The van der Waals surface area contributed by atoms with Gasteiger partial charge in [0, 0.05) is 28.4 Å². The van der Waals surface area contributed by atoms with Crippen molar-refractivity contribution in [3.8, 4) is 11.5 Å². The molecule has 3 aromatic carbocycles. The summed E-state index contributed by atoms with van der Waals surface area (Å²) < 4.78 is 32.7. The Balaban J connectivity index is 1.87. The summed E-state index contributed by atoms with van der Waals surface area (Å²) in [5.74, 6) is 0.373. The minimum Gasteiger partial charge on any atom is -0.507 e. The number of nitro groups is 1. The second kappa shape index (κ2) is 9.76. The van der Waals surface area contributed by atoms with Gasteiger partial charge in [-0.05, 0) is 55.5 Å². The number of nitrogens with one attached hydrogen (secondary N) is 2. The van der Waals surface area contributed by atoms with E-state index in [-0.39, 0.29) is 22.0 Å². The highest BCUT2D eigenvalue weighted by Crippen LogP contribution is 2.29. The van der Waals surface area contributed by atoms with E-state index < -0.39 is 20.6 Å². The zero-order valence-corrected chi connectivity index (χ0v) is 19.0. The maximum Gasteiger partial charge on any atom is 0.295 e. The molecular formula is C21H19ClN4O6S. The minimum atomic E-state index is -4.09. The first-order valence-electron chi connectivity index (χ1n) is 9.35. The minimum absolute atomic E-state index is 0.0298. The van der Waals surface area contributed by atoms with E-state index >= 15 is 0 Å². The first kappa shape index (κ1) is 23.8. The van der Waals surface area contributed by atoms with Gasteiger partial charge in [-0.15, -0.1) is 0 Å². The lowest BCUT2D eigenvalue weighted by Gasteiger charge is -2.10. The summed E-state index contributed by atoms with van der Waals surface area (Å²) in [7, 11) is -2.63. The number of anilines is 2. The van der Waals surface area contributed by atoms with Gasteiger partial charge in [-0.1, -0.05) is 11.6 Å². The maximum atomic E-state index is 12.7. The number of sulfonamides is 1. The molecule has 0 amide bonds. The van der Waals surface area contributed by atoms with E-state index in [4.69, 9.17) is 16.3 Å². The molecule has 0 aliphatic rings. The highest BCUT2D eigenvalue weighted by atomic mass is 35.5. The lowest BCUT2D eigenvalue weighted by Crippen LogP contribution is -2.13. The number of phenols is 1. The van der Waals surface area contributed by atoms with E-state index in [2.05, 4.69) is 15.2 Å². The predicted molar refractivity (Wildman–Crippen MR) is 126 cm³/mol. The van der Waals surface area contributed by atoms with Crippen molar-refractivity contribution >= 4 is 44.4 Å². The zero-order chi connectivity index (χ0) is 24.2. The van der Waals surface area contributed by atoms with Crippen LogP contribution in [0.3, 0.4) is 0 Å². The van der Waals surface area contributed by atoms with Crippen molar-refractivity contribution in [3.63, 3.8) is 0 Å². The summed E-state index contributed by atoms with van der Waals surface area (Å²) in [5.41, 5.74) is 3.01. The lowest BCUT2D eigenvalue weighted by molar-refractivity contribution is -0.384. The Kier molecular flexibility index (Phi) is 7.04. The van der Waals surface area contributed by atoms with Crippen LogP contribution in [0.25, 0.3) is 0 Å². The number of benzene rings is 3. The van der Waals surface area contributed by atoms with Crippen molar-refractivity contribution in [3.05, 3.63) is 81.4 Å². The second-order valence-corrected chi connectivity index (χ2v) is 8.86. The number of hydrazone groups is 1. The van der Waals surface area contributed by atoms with E-state index in [1.54, 1.807) is 19.1 Å². The third-order valence-electron chi connectivity index (χ3n) is 4.51. The number of ether oxygens (including phenoxy) is 1. The molecule has 0 aliphatic carbocycles. The molecule has 0 aliphatic heterocycles. The summed E-state index contributed by atoms with van der Waals surface area (Å²) >= 11 is 5.80. The second-order valence-electron chi connectivity index (χ2n) is 6.74. The van der Waals surface area contributed by atoms with Crippen molar-refractivity contribution in [1.29, 1.82) is 0 Å². The molecule has 0 spiro atoms. The molecule has 0 bridgehead atoms. The van der Waals surface area contributed by atoms with Gasteiger partial charge < -0.3 is 9.84 Å². The number of nitro benzene ring substituents is 1. The zero-order valence-electron chi connectivity index (χ0n) is 17.4. The lowest BCUT2D eigenvalue weighted by atomic mass is 10.1. The molecule has 0 atom stereocenters. The number of phenolic OH excluding ortho intramolecular Hbond substituents is 1. The molecule has 10 nitrogen and oxygen atoms in total. The normalized spacial score (nSPS) is 11.7. The summed E-state index contributed by atoms with van der Waals surface area (Å²) in [6, 6.07) is 14.0. The monoisotopic (exact) mass is 490 g/mol. The number of halogens is 1. The first-order valence-corrected chi connectivity index (χ1v) is 11.2. The molecule has 0 unspecified atom stereocenters. The molecule has 0 radical (unpaired) electrons. The Bertz CT molecular complexity index is 1330. The fourth-order valence-electron chi connectivity index (χ4n) is 2.80. The number of hydrogen-bond acceptors (Lipinski definition) is 8. The van der Waals surface area contributed by atoms with Crippen molar-refractivity contribution in [1.82, 2.24) is 0 Å². The molecule has 33 heavy (non-hydrogen) atoms. The van der Waals surface area contributed by atoms with Gasteiger partial charge in [-0.3, -0.25) is 20.3 Å². The number of nitrogens with zero attached hydrogens (tertiary/aromatic N) is 2. The smallest absolute Gasteiger partial charge is 0.295 e. The van der Waals surface area contributed by atoms with Crippen molar-refractivity contribution in [2.24, 2.45) is 5.10 Å². The van der Waals surface area contributed by atoms with Crippen molar-refractivity contribution in [2.75, 3.05) is 17.3 Å². The summed E-state index contributed by atoms with van der Waals surface area (Å²) in [6.07, 6.45) is 0. The Morgan fingerprint density at radius 1 is 1.12 bits per heavy atom. The molecule has 172 valence electrons. The third-order valence-corrected chi connectivity index (χ3v) is 6.14. The van der Waals surface area contributed by atoms with Crippen LogP contribution in [0.15, 0.2) is 70.7 Å². The third kappa shape index (κ3) is 5.70. The van der Waals surface area contributed by atoms with Gasteiger partial charge in [0.1, 0.15) is 17.2 Å². The summed E-state index contributed by atoms with van der Waals surface area (Å²) in [4.78, 5) is 10.5. The van der Waals surface area contributed by atoms with Crippen LogP contribution < -0.4 is 14.9 Å². The quantitative estimate of drug-likeness (QED) is 0.238. The van der Waals surface area contributed by atoms with Crippen molar-refractivity contribution < 1.29 is 23.2 Å². The van der Waals surface area contributed by atoms with Gasteiger partial charge in [0.05, 0.1) is 22.6 Å². The van der Waals surface area contributed by atoms with E-state index in [1.807, 2.05) is 0 Å². The fourth-order valence-corrected chi connectivity index (χ4v) is 4.01. The molecule has 0 heterocycles. The SMILES string of the molecule is COc1ccc(C(C)=NNc2ccc(S(=O)(=O)Nc3ccc(Cl)cc3)cc2[N+](=O)[O-])c(O)c1. The van der Waals surface area contributed by atoms with Crippen LogP contribution in [0, 0.1) is 10.1 Å². The van der Waals surface area contributed by atoms with Gasteiger partial charge in [0.25, 0.3) is 15.7 Å². The molecule has 12 heteroatoms. The fraction of sp³-hybridized carbons (Fsp3) is 0.0952. The largest absolute Gasteiger partial charge is 0.507 e. The number of hydrogen-bond donors (Lipinski definition) is 3. The molecular weight excluding hydrogens is 472 g/mol. The van der Waals surface area contributed by atoms with Crippen LogP contribution in [0.2, 0.25) is 5.02 Å². The van der Waals surface area contributed by atoms with Crippen LogP contribution in [0.5, 0.6) is 11.5 Å². The van der Waals surface area contributed by atoms with E-state index in [9.17, 15) is 23.6 Å². The molecule has 3 N–H and O–H groups in total. The number of aromatic hydroxyl groups is 1. The average Bonchev–Trinajstić information content (AvgIpc) is 2.78. The van der Waals surface area contributed by atoms with Crippen LogP contribution in [0.4, 0.5) is 17.1 Å². The number of rotatable bonds is 8. The first-order chi connectivity index (χ1) is 15.6. The Morgan fingerprint density at radius 2 is 1.82 bits per heavy atom.